The molecule has 3 atom stereocenters. The number of quaternary nitrogens is 1. The van der Waals surface area contributed by atoms with Crippen LogP contribution in [0.4, 0.5) is 0 Å². The molecular formula is C63H121N2O6P. The van der Waals surface area contributed by atoms with Crippen LogP contribution in [0.5, 0.6) is 0 Å². The summed E-state index contributed by atoms with van der Waals surface area (Å²) >= 11 is 0. The second kappa shape index (κ2) is 54.3. The predicted octanol–water partition coefficient (Wildman–Crippen LogP) is 18.5. The molecule has 0 radical (unpaired) electrons. The van der Waals surface area contributed by atoms with Gasteiger partial charge in [-0.25, -0.2) is 0 Å². The number of carbonyl (C=O) groups is 1. The Kier molecular flexibility index (Phi) is 53.1. The fourth-order valence-corrected chi connectivity index (χ4v) is 9.87. The minimum atomic E-state index is -4.61. The van der Waals surface area contributed by atoms with Crippen LogP contribution in [0.3, 0.4) is 0 Å². The molecule has 3 unspecified atom stereocenters. The molecule has 72 heavy (non-hydrogen) atoms. The number of phosphoric ester groups is 1. The molecule has 0 saturated heterocycles. The van der Waals surface area contributed by atoms with E-state index in [-0.39, 0.29) is 12.5 Å². The van der Waals surface area contributed by atoms with Crippen LogP contribution in [-0.4, -0.2) is 68.5 Å². The number of rotatable bonds is 57. The van der Waals surface area contributed by atoms with Crippen molar-refractivity contribution in [1.82, 2.24) is 5.32 Å². The number of nitrogens with zero attached hydrogens (tertiary/aromatic N) is 1. The van der Waals surface area contributed by atoms with Gasteiger partial charge >= 0.3 is 0 Å². The van der Waals surface area contributed by atoms with E-state index in [1.54, 1.807) is 6.08 Å². The van der Waals surface area contributed by atoms with Gasteiger partial charge in [-0.05, 0) is 64.2 Å². The molecule has 8 nitrogen and oxygen atoms in total. The van der Waals surface area contributed by atoms with Crippen molar-refractivity contribution in [2.45, 2.75) is 309 Å². The lowest BCUT2D eigenvalue weighted by Gasteiger charge is -2.29. The zero-order valence-corrected chi connectivity index (χ0v) is 49.3. The standard InChI is InChI=1S/C63H121N2O6P/c1-6-8-10-12-14-16-18-20-22-24-26-28-30-32-34-36-38-40-42-44-46-48-50-52-54-56-62(66)61(60-71-72(68,69)70-59-58-65(3,4)5)64-63(67)57-55-53-51-49-47-45-43-41-39-37-35-33-31-29-27-25-23-21-19-17-15-13-11-9-7-2/h27,29,33,35,46,48,54,56,61-62,66H,6-26,28,30-32,34,36-45,47,49-53,55,57-60H2,1-5H3,(H-,64,67,68,69)/b29-27-,35-33-,48-46+,56-54+. The summed E-state index contributed by atoms with van der Waals surface area (Å²) in [5, 5.41) is 13.9. The number of likely N-dealkylation sites (N-methyl/N-ethyl adjacent to an activating group) is 1. The average Bonchev–Trinajstić information content (AvgIpc) is 3.34. The van der Waals surface area contributed by atoms with E-state index < -0.39 is 26.6 Å². The Hall–Kier alpha value is -1.54. The molecular weight excluding hydrogens is 912 g/mol. The Bertz CT molecular complexity index is 1310. The number of carbonyl (C=O) groups excluding carboxylic acids is 1. The van der Waals surface area contributed by atoms with Crippen molar-refractivity contribution in [1.29, 1.82) is 0 Å². The summed E-state index contributed by atoms with van der Waals surface area (Å²) in [4.78, 5) is 25.5. The zero-order valence-electron chi connectivity index (χ0n) is 48.4. The highest BCUT2D eigenvalue weighted by molar-refractivity contribution is 7.45. The van der Waals surface area contributed by atoms with E-state index in [9.17, 15) is 19.4 Å². The molecule has 0 fully saturated rings. The minimum absolute atomic E-state index is 0.00774. The van der Waals surface area contributed by atoms with Crippen molar-refractivity contribution >= 4 is 13.7 Å². The molecule has 2 N–H and O–H groups in total. The average molecular weight is 1030 g/mol. The van der Waals surface area contributed by atoms with Crippen LogP contribution >= 0.6 is 7.82 Å². The van der Waals surface area contributed by atoms with E-state index in [0.29, 0.717) is 17.4 Å². The van der Waals surface area contributed by atoms with Crippen molar-refractivity contribution < 1.29 is 32.9 Å². The Labute approximate surface area is 448 Å². The highest BCUT2D eigenvalue weighted by Gasteiger charge is 2.23. The van der Waals surface area contributed by atoms with Crippen LogP contribution in [-0.2, 0) is 18.4 Å². The maximum Gasteiger partial charge on any atom is 0.268 e. The van der Waals surface area contributed by atoms with Crippen molar-refractivity contribution in [3.05, 3.63) is 48.6 Å². The second-order valence-electron chi connectivity index (χ2n) is 22.4. The summed E-state index contributed by atoms with van der Waals surface area (Å²) in [6, 6.07) is -0.908. The van der Waals surface area contributed by atoms with Gasteiger partial charge in [0.1, 0.15) is 13.2 Å². The molecule has 0 aromatic heterocycles. The number of allylic oxidation sites excluding steroid dienone is 7. The van der Waals surface area contributed by atoms with E-state index in [1.807, 2.05) is 27.2 Å². The number of aliphatic hydroxyl groups excluding tert-OH is 1. The highest BCUT2D eigenvalue weighted by atomic mass is 31.2. The summed E-state index contributed by atoms with van der Waals surface area (Å²) in [5.74, 6) is -0.209. The molecule has 0 aromatic carbocycles. The van der Waals surface area contributed by atoms with Crippen molar-refractivity contribution in [2.75, 3.05) is 40.9 Å². The van der Waals surface area contributed by atoms with Gasteiger partial charge in [-0.2, -0.15) is 0 Å². The lowest BCUT2D eigenvalue weighted by atomic mass is 10.0. The Morgan fingerprint density at radius 3 is 1.21 bits per heavy atom. The number of aliphatic hydroxyl groups is 1. The lowest BCUT2D eigenvalue weighted by molar-refractivity contribution is -0.870. The van der Waals surface area contributed by atoms with Gasteiger partial charge in [0.25, 0.3) is 7.82 Å². The molecule has 1 amide bonds. The lowest BCUT2D eigenvalue weighted by Crippen LogP contribution is -2.45. The predicted molar refractivity (Wildman–Crippen MR) is 311 cm³/mol. The first-order chi connectivity index (χ1) is 35.0. The number of amides is 1. The molecule has 0 bridgehead atoms. The maximum absolute atomic E-state index is 13.0. The Morgan fingerprint density at radius 2 is 0.819 bits per heavy atom. The minimum Gasteiger partial charge on any atom is -0.756 e. The summed E-state index contributed by atoms with van der Waals surface area (Å²) < 4.78 is 23.4. The molecule has 0 aliphatic heterocycles. The third-order valence-electron chi connectivity index (χ3n) is 14.0. The molecule has 0 aromatic rings. The third-order valence-corrected chi connectivity index (χ3v) is 15.0. The van der Waals surface area contributed by atoms with Crippen LogP contribution in [0, 0.1) is 0 Å². The van der Waals surface area contributed by atoms with Gasteiger partial charge in [-0.1, -0.05) is 274 Å². The Morgan fingerprint density at radius 1 is 0.486 bits per heavy atom. The van der Waals surface area contributed by atoms with Crippen LogP contribution in [0.2, 0.25) is 0 Å². The smallest absolute Gasteiger partial charge is 0.268 e. The molecule has 0 aliphatic rings. The maximum atomic E-state index is 13.0. The second-order valence-corrected chi connectivity index (χ2v) is 23.8. The molecule has 0 spiro atoms. The van der Waals surface area contributed by atoms with Crippen molar-refractivity contribution in [2.24, 2.45) is 0 Å². The fourth-order valence-electron chi connectivity index (χ4n) is 9.14. The SMILES string of the molecule is CCCCCCCCCCC/C=C\C/C=C\CCCCCCCCCCCC(=O)NC(COP(=O)([O-])OCC[N+](C)(C)C)C(O)/C=C/CC/C=C/CCCCCCCCCCCCCCCCCCCCC. The van der Waals surface area contributed by atoms with Crippen LogP contribution in [0.15, 0.2) is 48.6 Å². The Balaban J connectivity index is 4.22. The third kappa shape index (κ3) is 56.2. The molecule has 0 aliphatic carbocycles. The van der Waals surface area contributed by atoms with Gasteiger partial charge in [0.2, 0.25) is 5.91 Å². The normalized spacial score (nSPS) is 14.2. The number of hydrogen-bond donors (Lipinski definition) is 2. The van der Waals surface area contributed by atoms with Gasteiger partial charge in [0, 0.05) is 6.42 Å². The van der Waals surface area contributed by atoms with E-state index in [2.05, 4.69) is 55.6 Å². The molecule has 424 valence electrons. The van der Waals surface area contributed by atoms with Crippen molar-refractivity contribution in [3.8, 4) is 0 Å². The summed E-state index contributed by atoms with van der Waals surface area (Å²) in [6.45, 7) is 4.66. The van der Waals surface area contributed by atoms with Gasteiger partial charge in [0.15, 0.2) is 0 Å². The molecule has 0 rings (SSSR count). The number of nitrogens with one attached hydrogen (secondary N) is 1. The van der Waals surface area contributed by atoms with E-state index in [0.717, 1.165) is 44.9 Å². The largest absolute Gasteiger partial charge is 0.756 e. The van der Waals surface area contributed by atoms with Gasteiger partial charge in [0.05, 0.1) is 39.9 Å². The van der Waals surface area contributed by atoms with E-state index >= 15 is 0 Å². The van der Waals surface area contributed by atoms with Gasteiger partial charge in [-0.3, -0.25) is 9.36 Å². The number of unbranched alkanes of at least 4 members (excludes halogenated alkanes) is 38. The van der Waals surface area contributed by atoms with Crippen LogP contribution in [0.1, 0.15) is 296 Å². The van der Waals surface area contributed by atoms with Crippen molar-refractivity contribution in [3.63, 3.8) is 0 Å². The van der Waals surface area contributed by atoms with Crippen LogP contribution in [0.25, 0.3) is 0 Å². The fraction of sp³-hybridized carbons (Fsp3) is 0.857. The topological polar surface area (TPSA) is 108 Å². The molecule has 9 heteroatoms. The van der Waals surface area contributed by atoms with Crippen LogP contribution < -0.4 is 10.2 Å². The monoisotopic (exact) mass is 1030 g/mol. The molecule has 0 heterocycles. The summed E-state index contributed by atoms with van der Waals surface area (Å²) in [6.07, 6.45) is 72.0. The summed E-state index contributed by atoms with van der Waals surface area (Å²) in [7, 11) is 1.25. The van der Waals surface area contributed by atoms with E-state index in [1.165, 1.54) is 231 Å². The van der Waals surface area contributed by atoms with Gasteiger partial charge < -0.3 is 28.8 Å². The number of hydrogen-bond acceptors (Lipinski definition) is 6. The zero-order chi connectivity index (χ0) is 52.7. The molecule has 0 saturated carbocycles. The number of phosphoric acid groups is 1. The summed E-state index contributed by atoms with van der Waals surface area (Å²) in [5.41, 5.74) is 0. The quantitative estimate of drug-likeness (QED) is 0.0272. The van der Waals surface area contributed by atoms with Gasteiger partial charge in [-0.15, -0.1) is 0 Å². The first-order valence-corrected chi connectivity index (χ1v) is 32.5. The first-order valence-electron chi connectivity index (χ1n) is 31.0. The first kappa shape index (κ1) is 70.5. The highest BCUT2D eigenvalue weighted by Crippen LogP contribution is 2.38. The van der Waals surface area contributed by atoms with E-state index in [4.69, 9.17) is 9.05 Å².